The minimum atomic E-state index is 0.0943. The zero-order chi connectivity index (χ0) is 10.3. The van der Waals surface area contributed by atoms with E-state index in [1.807, 2.05) is 13.8 Å². The molecule has 0 saturated carbocycles. The smallest absolute Gasteiger partial charge is 0.223 e. The predicted molar refractivity (Wildman–Crippen MR) is 55.1 cm³/mol. The van der Waals surface area contributed by atoms with Crippen LogP contribution in [0.15, 0.2) is 0 Å². The summed E-state index contributed by atoms with van der Waals surface area (Å²) in [7, 11) is 0. The molecule has 2 nitrogen and oxygen atoms in total. The molecule has 0 aliphatic carbocycles. The van der Waals surface area contributed by atoms with E-state index in [4.69, 9.17) is 6.42 Å². The van der Waals surface area contributed by atoms with Crippen molar-refractivity contribution in [3.63, 3.8) is 0 Å². The van der Waals surface area contributed by atoms with E-state index in [9.17, 15) is 4.79 Å². The van der Waals surface area contributed by atoms with Gasteiger partial charge in [0.1, 0.15) is 0 Å². The van der Waals surface area contributed by atoms with Gasteiger partial charge in [-0.05, 0) is 13.3 Å². The molecule has 1 amide bonds. The standard InChI is InChI=1S/C11H19NO/c1-5-7-9(3)11(13)12-10(4)8-6-2/h2,9-10H,5,7-8H2,1,3-4H3,(H,12,13). The highest BCUT2D eigenvalue weighted by Gasteiger charge is 2.13. The molecule has 0 aromatic rings. The molecular weight excluding hydrogens is 162 g/mol. The molecule has 0 rings (SSSR count). The lowest BCUT2D eigenvalue weighted by Crippen LogP contribution is -2.36. The summed E-state index contributed by atoms with van der Waals surface area (Å²) in [6, 6.07) is 0.0943. The van der Waals surface area contributed by atoms with Crippen LogP contribution in [0.25, 0.3) is 0 Å². The summed E-state index contributed by atoms with van der Waals surface area (Å²) < 4.78 is 0. The molecule has 0 aromatic heterocycles. The molecule has 0 heterocycles. The molecule has 1 N–H and O–H groups in total. The highest BCUT2D eigenvalue weighted by atomic mass is 16.1. The molecule has 0 fully saturated rings. The van der Waals surface area contributed by atoms with E-state index >= 15 is 0 Å². The maximum atomic E-state index is 11.4. The van der Waals surface area contributed by atoms with E-state index in [-0.39, 0.29) is 17.9 Å². The first-order valence-corrected chi connectivity index (χ1v) is 4.85. The number of amides is 1. The van der Waals surface area contributed by atoms with Crippen LogP contribution >= 0.6 is 0 Å². The Labute approximate surface area is 81.1 Å². The third-order valence-corrected chi connectivity index (χ3v) is 1.98. The van der Waals surface area contributed by atoms with Crippen LogP contribution < -0.4 is 5.32 Å². The zero-order valence-corrected chi connectivity index (χ0v) is 8.76. The van der Waals surface area contributed by atoms with Crippen molar-refractivity contribution in [2.45, 2.75) is 46.1 Å². The van der Waals surface area contributed by atoms with Gasteiger partial charge in [-0.15, -0.1) is 12.3 Å². The number of rotatable bonds is 5. The van der Waals surface area contributed by atoms with E-state index in [0.717, 1.165) is 12.8 Å². The molecular formula is C11H19NO. The summed E-state index contributed by atoms with van der Waals surface area (Å²) in [4.78, 5) is 11.4. The van der Waals surface area contributed by atoms with Gasteiger partial charge in [-0.2, -0.15) is 0 Å². The van der Waals surface area contributed by atoms with Gasteiger partial charge in [-0.25, -0.2) is 0 Å². The van der Waals surface area contributed by atoms with Gasteiger partial charge in [0, 0.05) is 18.4 Å². The Hall–Kier alpha value is -0.970. The fourth-order valence-corrected chi connectivity index (χ4v) is 1.18. The number of carbonyl (C=O) groups is 1. The molecule has 0 aliphatic heterocycles. The van der Waals surface area contributed by atoms with E-state index in [1.54, 1.807) is 0 Å². The Morgan fingerprint density at radius 3 is 2.62 bits per heavy atom. The number of terminal acetylenes is 1. The normalized spacial score (nSPS) is 14.3. The van der Waals surface area contributed by atoms with Crippen molar-refractivity contribution in [1.82, 2.24) is 5.32 Å². The van der Waals surface area contributed by atoms with Crippen LogP contribution in [0.5, 0.6) is 0 Å². The van der Waals surface area contributed by atoms with Crippen LogP contribution in [-0.2, 0) is 4.79 Å². The monoisotopic (exact) mass is 181 g/mol. The second kappa shape index (κ2) is 6.54. The molecule has 0 saturated heterocycles. The van der Waals surface area contributed by atoms with Gasteiger partial charge in [0.15, 0.2) is 0 Å². The minimum absolute atomic E-state index is 0.0943. The average molecular weight is 181 g/mol. The Balaban J connectivity index is 3.79. The van der Waals surface area contributed by atoms with Gasteiger partial charge < -0.3 is 5.32 Å². The third-order valence-electron chi connectivity index (χ3n) is 1.98. The second-order valence-corrected chi connectivity index (χ2v) is 3.51. The van der Waals surface area contributed by atoms with Crippen molar-refractivity contribution >= 4 is 5.91 Å². The zero-order valence-electron chi connectivity index (χ0n) is 8.76. The molecule has 13 heavy (non-hydrogen) atoms. The van der Waals surface area contributed by atoms with Crippen LogP contribution in [0.3, 0.4) is 0 Å². The van der Waals surface area contributed by atoms with Gasteiger partial charge in [0.05, 0.1) is 0 Å². The van der Waals surface area contributed by atoms with Crippen LogP contribution in [0, 0.1) is 18.3 Å². The van der Waals surface area contributed by atoms with Crippen molar-refractivity contribution in [3.05, 3.63) is 0 Å². The molecule has 74 valence electrons. The van der Waals surface area contributed by atoms with E-state index in [1.165, 1.54) is 0 Å². The highest BCUT2D eigenvalue weighted by Crippen LogP contribution is 2.05. The summed E-state index contributed by atoms with van der Waals surface area (Å²) in [6.07, 6.45) is 7.72. The van der Waals surface area contributed by atoms with Crippen LogP contribution in [0.2, 0.25) is 0 Å². The van der Waals surface area contributed by atoms with Gasteiger partial charge in [0.25, 0.3) is 0 Å². The summed E-state index contributed by atoms with van der Waals surface area (Å²) in [6.45, 7) is 5.95. The lowest BCUT2D eigenvalue weighted by Gasteiger charge is -2.15. The predicted octanol–water partition coefficient (Wildman–Crippen LogP) is 1.95. The lowest BCUT2D eigenvalue weighted by atomic mass is 10.0. The fourth-order valence-electron chi connectivity index (χ4n) is 1.18. The Morgan fingerprint density at radius 1 is 1.54 bits per heavy atom. The first-order chi connectivity index (χ1) is 6.11. The topological polar surface area (TPSA) is 29.1 Å². The third kappa shape index (κ3) is 5.30. The quantitative estimate of drug-likeness (QED) is 0.645. The minimum Gasteiger partial charge on any atom is -0.352 e. The molecule has 2 atom stereocenters. The molecule has 0 aliphatic rings. The molecule has 0 bridgehead atoms. The van der Waals surface area contributed by atoms with E-state index in [2.05, 4.69) is 18.2 Å². The molecule has 0 aromatic carbocycles. The number of hydrogen-bond acceptors (Lipinski definition) is 1. The summed E-state index contributed by atoms with van der Waals surface area (Å²) in [5, 5.41) is 2.88. The Morgan fingerprint density at radius 2 is 2.15 bits per heavy atom. The Bertz CT molecular complexity index is 193. The van der Waals surface area contributed by atoms with Crippen molar-refractivity contribution in [2.24, 2.45) is 5.92 Å². The molecule has 2 heteroatoms. The van der Waals surface area contributed by atoms with Gasteiger partial charge in [-0.1, -0.05) is 20.3 Å². The first-order valence-electron chi connectivity index (χ1n) is 4.85. The van der Waals surface area contributed by atoms with Crippen molar-refractivity contribution in [1.29, 1.82) is 0 Å². The molecule has 0 radical (unpaired) electrons. The van der Waals surface area contributed by atoms with Crippen LogP contribution in [0.4, 0.5) is 0 Å². The Kier molecular flexibility index (Phi) is 6.05. The number of carbonyl (C=O) groups excluding carboxylic acids is 1. The summed E-state index contributed by atoms with van der Waals surface area (Å²) in [5.41, 5.74) is 0. The van der Waals surface area contributed by atoms with Gasteiger partial charge >= 0.3 is 0 Å². The van der Waals surface area contributed by atoms with Crippen molar-refractivity contribution < 1.29 is 4.79 Å². The SMILES string of the molecule is C#CCC(C)NC(=O)C(C)CCC. The number of nitrogens with one attached hydrogen (secondary N) is 1. The summed E-state index contributed by atoms with van der Waals surface area (Å²) in [5.74, 6) is 2.75. The fraction of sp³-hybridized carbons (Fsp3) is 0.727. The van der Waals surface area contributed by atoms with Gasteiger partial charge in [-0.3, -0.25) is 4.79 Å². The van der Waals surface area contributed by atoms with E-state index < -0.39 is 0 Å². The maximum Gasteiger partial charge on any atom is 0.223 e. The first kappa shape index (κ1) is 12.0. The second-order valence-electron chi connectivity index (χ2n) is 3.51. The van der Waals surface area contributed by atoms with Crippen LogP contribution in [0.1, 0.15) is 40.0 Å². The highest BCUT2D eigenvalue weighted by molar-refractivity contribution is 5.78. The summed E-state index contributed by atoms with van der Waals surface area (Å²) >= 11 is 0. The molecule has 0 spiro atoms. The largest absolute Gasteiger partial charge is 0.352 e. The maximum absolute atomic E-state index is 11.4. The van der Waals surface area contributed by atoms with Gasteiger partial charge in [0.2, 0.25) is 5.91 Å². The van der Waals surface area contributed by atoms with Crippen LogP contribution in [-0.4, -0.2) is 11.9 Å². The molecule has 2 unspecified atom stereocenters. The average Bonchev–Trinajstić information content (AvgIpc) is 2.05. The van der Waals surface area contributed by atoms with E-state index in [0.29, 0.717) is 6.42 Å². The number of hydrogen-bond donors (Lipinski definition) is 1. The lowest BCUT2D eigenvalue weighted by molar-refractivity contribution is -0.125. The van der Waals surface area contributed by atoms with Crippen molar-refractivity contribution in [3.8, 4) is 12.3 Å². The van der Waals surface area contributed by atoms with Crippen molar-refractivity contribution in [2.75, 3.05) is 0 Å².